The molecule has 0 spiro atoms. The molecular formula is C14H27IS. The molecule has 1 saturated carbocycles. The van der Waals surface area contributed by atoms with Gasteiger partial charge in [-0.3, -0.25) is 0 Å². The molecule has 0 saturated heterocycles. The Hall–Kier alpha value is 1.08. The Kier molecular flexibility index (Phi) is 7.79. The van der Waals surface area contributed by atoms with Crippen LogP contribution in [0.3, 0.4) is 0 Å². The minimum Gasteiger partial charge on any atom is -0.162 e. The van der Waals surface area contributed by atoms with Gasteiger partial charge >= 0.3 is 0 Å². The third-order valence-electron chi connectivity index (χ3n) is 4.10. The van der Waals surface area contributed by atoms with Crippen LogP contribution in [0.25, 0.3) is 0 Å². The lowest BCUT2D eigenvalue weighted by molar-refractivity contribution is 0.321. The third kappa shape index (κ3) is 4.75. The Balaban J connectivity index is 2.37. The first kappa shape index (κ1) is 15.1. The first-order valence-corrected chi connectivity index (χ1v) is 9.61. The van der Waals surface area contributed by atoms with E-state index < -0.39 is 0 Å². The molecule has 0 aromatic rings. The van der Waals surface area contributed by atoms with E-state index >= 15 is 0 Å². The van der Waals surface area contributed by atoms with Crippen LogP contribution in [-0.4, -0.2) is 15.9 Å². The zero-order valence-electron chi connectivity index (χ0n) is 11.0. The van der Waals surface area contributed by atoms with Crippen LogP contribution < -0.4 is 0 Å². The second-order valence-electron chi connectivity index (χ2n) is 5.47. The number of thioether (sulfide) groups is 1. The number of hydrogen-bond acceptors (Lipinski definition) is 1. The van der Waals surface area contributed by atoms with Gasteiger partial charge in [-0.25, -0.2) is 0 Å². The molecule has 0 radical (unpaired) electrons. The maximum Gasteiger partial charge on any atom is 0.00726 e. The van der Waals surface area contributed by atoms with E-state index in [2.05, 4.69) is 54.5 Å². The Bertz CT molecular complexity index is 184. The molecule has 4 unspecified atom stereocenters. The summed E-state index contributed by atoms with van der Waals surface area (Å²) in [6.07, 6.45) is 11.1. The summed E-state index contributed by atoms with van der Waals surface area (Å²) in [6, 6.07) is 0. The van der Waals surface area contributed by atoms with E-state index in [1.54, 1.807) is 0 Å². The monoisotopic (exact) mass is 354 g/mol. The van der Waals surface area contributed by atoms with Crippen LogP contribution in [0, 0.1) is 17.8 Å². The Labute approximate surface area is 120 Å². The fourth-order valence-electron chi connectivity index (χ4n) is 3.07. The topological polar surface area (TPSA) is 0 Å². The van der Waals surface area contributed by atoms with Gasteiger partial charge in [0.15, 0.2) is 0 Å². The van der Waals surface area contributed by atoms with Gasteiger partial charge < -0.3 is 0 Å². The lowest BCUT2D eigenvalue weighted by atomic mass is 9.85. The maximum atomic E-state index is 2.54. The molecule has 0 N–H and O–H groups in total. The average Bonchev–Trinajstić information content (AvgIpc) is 2.75. The summed E-state index contributed by atoms with van der Waals surface area (Å²) in [6.45, 7) is 4.80. The molecule has 1 rings (SSSR count). The first-order valence-electron chi connectivity index (χ1n) is 6.79. The summed E-state index contributed by atoms with van der Waals surface area (Å²) < 4.78 is 1.32. The number of alkyl halides is 1. The highest BCUT2D eigenvalue weighted by Gasteiger charge is 2.28. The van der Waals surface area contributed by atoms with Crippen LogP contribution in [0.4, 0.5) is 0 Å². The molecule has 1 fully saturated rings. The molecule has 0 heterocycles. The van der Waals surface area contributed by atoms with Gasteiger partial charge in [-0.05, 0) is 49.7 Å². The third-order valence-corrected chi connectivity index (χ3v) is 6.83. The minimum atomic E-state index is 0.916. The first-order chi connectivity index (χ1) is 7.71. The van der Waals surface area contributed by atoms with Crippen molar-refractivity contribution in [3.63, 3.8) is 0 Å². The van der Waals surface area contributed by atoms with Crippen molar-refractivity contribution in [3.8, 4) is 0 Å². The lowest BCUT2D eigenvalue weighted by Gasteiger charge is -2.25. The highest BCUT2D eigenvalue weighted by atomic mass is 127. The van der Waals surface area contributed by atoms with E-state index in [1.807, 2.05) is 0 Å². The summed E-state index contributed by atoms with van der Waals surface area (Å²) in [4.78, 5) is 0. The zero-order chi connectivity index (χ0) is 12.0. The highest BCUT2D eigenvalue weighted by molar-refractivity contribution is 14.1. The molecule has 16 heavy (non-hydrogen) atoms. The molecule has 0 aliphatic heterocycles. The molecule has 0 aromatic heterocycles. The summed E-state index contributed by atoms with van der Waals surface area (Å²) in [5, 5.41) is 0.976. The minimum absolute atomic E-state index is 0.916. The van der Waals surface area contributed by atoms with Crippen molar-refractivity contribution in [2.24, 2.45) is 17.8 Å². The molecule has 4 atom stereocenters. The SMILES string of the molecule is CCC(CC(C)CI)CC1CCCC1SC. The fourth-order valence-corrected chi connectivity index (χ4v) is 4.47. The van der Waals surface area contributed by atoms with Gasteiger partial charge in [0.05, 0.1) is 0 Å². The van der Waals surface area contributed by atoms with Crippen molar-refractivity contribution >= 4 is 34.4 Å². The Morgan fingerprint density at radius 2 is 2.12 bits per heavy atom. The zero-order valence-corrected chi connectivity index (χ0v) is 14.0. The van der Waals surface area contributed by atoms with Crippen molar-refractivity contribution in [3.05, 3.63) is 0 Å². The molecular weight excluding hydrogens is 327 g/mol. The number of rotatable bonds is 7. The Morgan fingerprint density at radius 1 is 1.38 bits per heavy atom. The lowest BCUT2D eigenvalue weighted by Crippen LogP contribution is -2.16. The van der Waals surface area contributed by atoms with Crippen LogP contribution in [-0.2, 0) is 0 Å². The van der Waals surface area contributed by atoms with Gasteiger partial charge in [-0.2, -0.15) is 11.8 Å². The van der Waals surface area contributed by atoms with Gasteiger partial charge in [0, 0.05) is 9.68 Å². The Morgan fingerprint density at radius 3 is 2.69 bits per heavy atom. The fraction of sp³-hybridized carbons (Fsp3) is 1.00. The van der Waals surface area contributed by atoms with Gasteiger partial charge in [0.2, 0.25) is 0 Å². The number of hydrogen-bond donors (Lipinski definition) is 0. The summed E-state index contributed by atoms with van der Waals surface area (Å²) in [5.74, 6) is 2.93. The number of halogens is 1. The normalized spacial score (nSPS) is 29.2. The van der Waals surface area contributed by atoms with Crippen LogP contribution in [0.1, 0.15) is 52.4 Å². The van der Waals surface area contributed by atoms with E-state index in [4.69, 9.17) is 0 Å². The molecule has 0 aromatic carbocycles. The molecule has 1 aliphatic rings. The summed E-state index contributed by atoms with van der Waals surface area (Å²) in [5.41, 5.74) is 0. The van der Waals surface area contributed by atoms with E-state index in [-0.39, 0.29) is 0 Å². The summed E-state index contributed by atoms with van der Waals surface area (Å²) in [7, 11) is 0. The van der Waals surface area contributed by atoms with Crippen molar-refractivity contribution in [2.45, 2.75) is 57.6 Å². The molecule has 96 valence electrons. The van der Waals surface area contributed by atoms with Crippen molar-refractivity contribution in [1.29, 1.82) is 0 Å². The standard InChI is InChI=1S/C14H27IS/c1-4-12(8-11(2)10-15)9-13-6-5-7-14(13)16-3/h11-14H,4-10H2,1-3H3. The van der Waals surface area contributed by atoms with Crippen LogP contribution in [0.15, 0.2) is 0 Å². The van der Waals surface area contributed by atoms with Crippen molar-refractivity contribution in [1.82, 2.24) is 0 Å². The second-order valence-corrected chi connectivity index (χ2v) is 7.43. The molecule has 0 amide bonds. The average molecular weight is 354 g/mol. The second kappa shape index (κ2) is 8.23. The quantitative estimate of drug-likeness (QED) is 0.436. The van der Waals surface area contributed by atoms with Crippen LogP contribution in [0.5, 0.6) is 0 Å². The largest absolute Gasteiger partial charge is 0.162 e. The van der Waals surface area contributed by atoms with E-state index in [0.29, 0.717) is 0 Å². The van der Waals surface area contributed by atoms with Gasteiger partial charge in [0.25, 0.3) is 0 Å². The molecule has 2 heteroatoms. The predicted molar refractivity (Wildman–Crippen MR) is 85.7 cm³/mol. The van der Waals surface area contributed by atoms with E-state index in [0.717, 1.165) is 23.0 Å². The van der Waals surface area contributed by atoms with Crippen molar-refractivity contribution < 1.29 is 0 Å². The van der Waals surface area contributed by atoms with E-state index in [1.165, 1.54) is 43.0 Å². The van der Waals surface area contributed by atoms with Crippen molar-refractivity contribution in [2.75, 3.05) is 10.7 Å². The molecule has 1 aliphatic carbocycles. The molecule has 0 bridgehead atoms. The van der Waals surface area contributed by atoms with Crippen LogP contribution in [0.2, 0.25) is 0 Å². The summed E-state index contributed by atoms with van der Waals surface area (Å²) >= 11 is 4.65. The van der Waals surface area contributed by atoms with Gasteiger partial charge in [-0.1, -0.05) is 49.3 Å². The predicted octanol–water partition coefficient (Wildman–Crippen LogP) is 5.40. The maximum absolute atomic E-state index is 2.54. The van der Waals surface area contributed by atoms with Gasteiger partial charge in [0.1, 0.15) is 0 Å². The van der Waals surface area contributed by atoms with Gasteiger partial charge in [-0.15, -0.1) is 0 Å². The smallest absolute Gasteiger partial charge is 0.00726 e. The van der Waals surface area contributed by atoms with Crippen LogP contribution >= 0.6 is 34.4 Å². The van der Waals surface area contributed by atoms with E-state index in [9.17, 15) is 0 Å². The molecule has 0 nitrogen and oxygen atoms in total. The highest BCUT2D eigenvalue weighted by Crippen LogP contribution is 2.39.